The minimum Gasteiger partial charge on any atom is -0.324 e. The molecule has 1 unspecified atom stereocenters. The first-order chi connectivity index (χ1) is 9.20. The summed E-state index contributed by atoms with van der Waals surface area (Å²) < 4.78 is 0. The molecule has 0 bridgehead atoms. The molecule has 0 aliphatic carbocycles. The van der Waals surface area contributed by atoms with Gasteiger partial charge in [0.15, 0.2) is 0 Å². The number of carbonyl (C=O) groups is 1. The molecule has 1 atom stereocenters. The Morgan fingerprint density at radius 1 is 1.58 bits per heavy atom. The van der Waals surface area contributed by atoms with E-state index in [0.29, 0.717) is 19.5 Å². The van der Waals surface area contributed by atoms with Crippen LogP contribution in [-0.4, -0.2) is 36.5 Å². The Kier molecular flexibility index (Phi) is 4.53. The lowest BCUT2D eigenvalue weighted by Crippen LogP contribution is -2.53. The van der Waals surface area contributed by atoms with E-state index in [1.54, 1.807) is 4.90 Å². The summed E-state index contributed by atoms with van der Waals surface area (Å²) in [5.74, 6) is 0.0783. The van der Waals surface area contributed by atoms with Crippen molar-refractivity contribution in [1.29, 1.82) is 5.26 Å². The summed E-state index contributed by atoms with van der Waals surface area (Å²) in [5.41, 5.74) is 2.39. The van der Waals surface area contributed by atoms with Crippen molar-refractivity contribution in [3.8, 4) is 6.07 Å². The second-order valence-electron chi connectivity index (χ2n) is 4.93. The van der Waals surface area contributed by atoms with Gasteiger partial charge in [0.2, 0.25) is 5.91 Å². The van der Waals surface area contributed by atoms with Crippen LogP contribution in [0.4, 0.5) is 0 Å². The second-order valence-corrected chi connectivity index (χ2v) is 4.93. The van der Waals surface area contributed by atoms with Crippen molar-refractivity contribution < 1.29 is 4.79 Å². The highest BCUT2D eigenvalue weighted by molar-refractivity contribution is 5.77. The molecule has 2 rings (SSSR count). The first-order valence-electron chi connectivity index (χ1n) is 6.66. The van der Waals surface area contributed by atoms with Gasteiger partial charge in [0.1, 0.15) is 6.04 Å². The van der Waals surface area contributed by atoms with Gasteiger partial charge in [0.05, 0.1) is 6.07 Å². The summed E-state index contributed by atoms with van der Waals surface area (Å²) >= 11 is 0. The molecular formula is C15H19N3O. The molecule has 1 N–H and O–H groups in total. The normalized spacial score (nSPS) is 18.9. The Labute approximate surface area is 114 Å². The van der Waals surface area contributed by atoms with E-state index in [4.69, 9.17) is 5.26 Å². The van der Waals surface area contributed by atoms with Crippen LogP contribution in [0.15, 0.2) is 24.3 Å². The summed E-state index contributed by atoms with van der Waals surface area (Å²) in [6.07, 6.45) is 1.21. The second kappa shape index (κ2) is 6.35. The van der Waals surface area contributed by atoms with Crippen molar-refractivity contribution in [2.75, 3.05) is 19.6 Å². The molecule has 100 valence electrons. The Bertz CT molecular complexity index is 492. The van der Waals surface area contributed by atoms with Crippen molar-refractivity contribution in [1.82, 2.24) is 10.2 Å². The number of nitrogens with zero attached hydrogens (tertiary/aromatic N) is 2. The highest BCUT2D eigenvalue weighted by atomic mass is 16.2. The summed E-state index contributed by atoms with van der Waals surface area (Å²) in [5, 5.41) is 12.2. The van der Waals surface area contributed by atoms with Crippen LogP contribution in [0.1, 0.15) is 17.5 Å². The predicted molar refractivity (Wildman–Crippen MR) is 73.5 cm³/mol. The molecule has 1 fully saturated rings. The fourth-order valence-corrected chi connectivity index (χ4v) is 2.38. The lowest BCUT2D eigenvalue weighted by Gasteiger charge is -2.32. The van der Waals surface area contributed by atoms with Gasteiger partial charge >= 0.3 is 0 Å². The van der Waals surface area contributed by atoms with E-state index in [1.165, 1.54) is 11.1 Å². The van der Waals surface area contributed by atoms with E-state index in [9.17, 15) is 4.79 Å². The Morgan fingerprint density at radius 3 is 3.16 bits per heavy atom. The first kappa shape index (κ1) is 13.6. The number of hydrogen-bond donors (Lipinski definition) is 1. The molecule has 19 heavy (non-hydrogen) atoms. The smallest absolute Gasteiger partial charge is 0.224 e. The first-order valence-corrected chi connectivity index (χ1v) is 6.66. The Morgan fingerprint density at radius 2 is 2.42 bits per heavy atom. The third kappa shape index (κ3) is 3.55. The van der Waals surface area contributed by atoms with Gasteiger partial charge in [-0.1, -0.05) is 29.8 Å². The van der Waals surface area contributed by atoms with Gasteiger partial charge in [0, 0.05) is 26.1 Å². The number of nitrogens with one attached hydrogen (secondary N) is 1. The molecule has 1 amide bonds. The molecule has 1 aromatic carbocycles. The Hall–Kier alpha value is -1.86. The standard InChI is InChI=1S/C15H19N3O/c1-12-3-2-4-13(9-12)5-6-15(19)18-8-7-17-11-14(18)10-16/h2-4,9,14,17H,5-8,11H2,1H3. The number of benzene rings is 1. The van der Waals surface area contributed by atoms with Crippen LogP contribution < -0.4 is 5.32 Å². The van der Waals surface area contributed by atoms with E-state index in [0.717, 1.165) is 13.0 Å². The third-order valence-electron chi connectivity index (χ3n) is 3.42. The molecule has 4 heteroatoms. The van der Waals surface area contributed by atoms with Gasteiger partial charge in [0.25, 0.3) is 0 Å². The largest absolute Gasteiger partial charge is 0.324 e. The van der Waals surface area contributed by atoms with Crippen molar-refractivity contribution in [2.45, 2.75) is 25.8 Å². The van der Waals surface area contributed by atoms with E-state index in [-0.39, 0.29) is 11.9 Å². The average molecular weight is 257 g/mol. The quantitative estimate of drug-likeness (QED) is 0.886. The zero-order chi connectivity index (χ0) is 13.7. The number of amides is 1. The van der Waals surface area contributed by atoms with Crippen LogP contribution in [0, 0.1) is 18.3 Å². The van der Waals surface area contributed by atoms with Crippen molar-refractivity contribution in [2.24, 2.45) is 0 Å². The minimum atomic E-state index is -0.321. The minimum absolute atomic E-state index is 0.0783. The van der Waals surface area contributed by atoms with Crippen LogP contribution in [0.3, 0.4) is 0 Å². The molecule has 1 aromatic rings. The molecule has 0 aromatic heterocycles. The van der Waals surface area contributed by atoms with Gasteiger partial charge in [-0.25, -0.2) is 0 Å². The van der Waals surface area contributed by atoms with E-state index in [2.05, 4.69) is 17.5 Å². The lowest BCUT2D eigenvalue weighted by molar-refractivity contribution is -0.133. The summed E-state index contributed by atoms with van der Waals surface area (Å²) in [7, 11) is 0. The maximum absolute atomic E-state index is 12.2. The number of hydrogen-bond acceptors (Lipinski definition) is 3. The van der Waals surface area contributed by atoms with E-state index in [1.807, 2.05) is 25.1 Å². The molecule has 1 heterocycles. The summed E-state index contributed by atoms with van der Waals surface area (Å²) in [6, 6.07) is 10.1. The highest BCUT2D eigenvalue weighted by Gasteiger charge is 2.25. The summed E-state index contributed by atoms with van der Waals surface area (Å²) in [6.45, 7) is 4.03. The van der Waals surface area contributed by atoms with E-state index < -0.39 is 0 Å². The van der Waals surface area contributed by atoms with Crippen LogP contribution in [0.25, 0.3) is 0 Å². The van der Waals surface area contributed by atoms with Crippen LogP contribution in [-0.2, 0) is 11.2 Å². The molecule has 0 radical (unpaired) electrons. The highest BCUT2D eigenvalue weighted by Crippen LogP contribution is 2.10. The van der Waals surface area contributed by atoms with Gasteiger partial charge in [-0.3, -0.25) is 4.79 Å². The zero-order valence-electron chi connectivity index (χ0n) is 11.2. The molecular weight excluding hydrogens is 238 g/mol. The number of nitriles is 1. The van der Waals surface area contributed by atoms with Crippen molar-refractivity contribution in [3.63, 3.8) is 0 Å². The maximum atomic E-state index is 12.2. The van der Waals surface area contributed by atoms with Gasteiger partial charge < -0.3 is 10.2 Å². The van der Waals surface area contributed by atoms with Crippen molar-refractivity contribution >= 4 is 5.91 Å². The molecule has 0 saturated carbocycles. The van der Waals surface area contributed by atoms with Crippen LogP contribution in [0.5, 0.6) is 0 Å². The zero-order valence-corrected chi connectivity index (χ0v) is 11.2. The van der Waals surface area contributed by atoms with Gasteiger partial charge in [-0.15, -0.1) is 0 Å². The SMILES string of the molecule is Cc1cccc(CCC(=O)N2CCNCC2C#N)c1. The fraction of sp³-hybridized carbons (Fsp3) is 0.467. The van der Waals surface area contributed by atoms with Crippen molar-refractivity contribution in [3.05, 3.63) is 35.4 Å². The Balaban J connectivity index is 1.92. The number of rotatable bonds is 3. The average Bonchev–Trinajstić information content (AvgIpc) is 2.45. The maximum Gasteiger partial charge on any atom is 0.224 e. The monoisotopic (exact) mass is 257 g/mol. The molecule has 1 aliphatic heterocycles. The number of piperazine rings is 1. The molecule has 0 spiro atoms. The number of carbonyl (C=O) groups excluding carboxylic acids is 1. The third-order valence-corrected chi connectivity index (χ3v) is 3.42. The fourth-order valence-electron chi connectivity index (χ4n) is 2.38. The topological polar surface area (TPSA) is 56.1 Å². The van der Waals surface area contributed by atoms with E-state index >= 15 is 0 Å². The molecule has 1 saturated heterocycles. The molecule has 4 nitrogen and oxygen atoms in total. The molecule has 1 aliphatic rings. The van der Waals surface area contributed by atoms with Crippen LogP contribution >= 0.6 is 0 Å². The number of aryl methyl sites for hydroxylation is 2. The summed E-state index contributed by atoms with van der Waals surface area (Å²) in [4.78, 5) is 13.9. The predicted octanol–water partition coefficient (Wildman–Crippen LogP) is 1.25. The van der Waals surface area contributed by atoms with Crippen LogP contribution in [0.2, 0.25) is 0 Å². The van der Waals surface area contributed by atoms with Gasteiger partial charge in [-0.05, 0) is 18.9 Å². The lowest BCUT2D eigenvalue weighted by atomic mass is 10.1. The van der Waals surface area contributed by atoms with Gasteiger partial charge in [-0.2, -0.15) is 5.26 Å².